The molecule has 2 atom stereocenters. The molecule has 0 spiro atoms. The van der Waals surface area contributed by atoms with Crippen molar-refractivity contribution in [1.29, 1.82) is 0 Å². The van der Waals surface area contributed by atoms with Gasteiger partial charge in [-0.05, 0) is 26.2 Å². The molecule has 3 aliphatic heterocycles. The predicted molar refractivity (Wildman–Crippen MR) is 68.1 cm³/mol. The van der Waals surface area contributed by atoms with E-state index >= 15 is 0 Å². The van der Waals surface area contributed by atoms with Crippen LogP contribution in [0.3, 0.4) is 0 Å². The summed E-state index contributed by atoms with van der Waals surface area (Å²) in [4.78, 5) is 27.7. The van der Waals surface area contributed by atoms with Crippen LogP contribution in [0.25, 0.3) is 0 Å². The molecule has 3 fully saturated rings. The summed E-state index contributed by atoms with van der Waals surface area (Å²) in [7, 11) is -3.09. The number of hydrogen-bond acceptors (Lipinski definition) is 4. The molecule has 3 rings (SSSR count). The number of nitrogens with zero attached hydrogens (tertiary/aromatic N) is 2. The van der Waals surface area contributed by atoms with Gasteiger partial charge in [0.05, 0.1) is 17.0 Å². The number of carbonyl (C=O) groups excluding carboxylic acids is 2. The molecule has 0 aromatic heterocycles. The normalized spacial score (nSPS) is 37.8. The fourth-order valence-corrected chi connectivity index (χ4v) is 5.61. The first-order chi connectivity index (χ1) is 8.82. The Balaban J connectivity index is 1.89. The summed E-state index contributed by atoms with van der Waals surface area (Å²) in [6, 6.07) is -0.360. The van der Waals surface area contributed by atoms with Gasteiger partial charge in [0.2, 0.25) is 11.8 Å². The lowest BCUT2D eigenvalue weighted by atomic mass is 9.96. The monoisotopic (exact) mass is 286 g/mol. The zero-order chi connectivity index (χ0) is 13.8. The third kappa shape index (κ3) is 1.94. The molecule has 0 N–H and O–H groups in total. The van der Waals surface area contributed by atoms with Crippen LogP contribution in [0.15, 0.2) is 0 Å². The zero-order valence-electron chi connectivity index (χ0n) is 11.0. The summed E-state index contributed by atoms with van der Waals surface area (Å²) in [5, 5.41) is 0. The standard InChI is InChI=1S/C12H18N2O4S/c1-12(4-6-19(17,18)8-12)14-7-10(15)13-5-2-3-9(13)11(14)16/h9H,2-8H2,1H3. The van der Waals surface area contributed by atoms with Gasteiger partial charge in [0, 0.05) is 6.54 Å². The average Bonchev–Trinajstić information content (AvgIpc) is 2.89. The van der Waals surface area contributed by atoms with E-state index in [1.54, 1.807) is 11.8 Å². The maximum atomic E-state index is 12.5. The first-order valence-electron chi connectivity index (χ1n) is 6.64. The van der Waals surface area contributed by atoms with E-state index in [0.717, 1.165) is 6.42 Å². The highest BCUT2D eigenvalue weighted by molar-refractivity contribution is 7.91. The van der Waals surface area contributed by atoms with Crippen molar-refractivity contribution in [2.24, 2.45) is 0 Å². The third-order valence-electron chi connectivity index (χ3n) is 4.55. The average molecular weight is 286 g/mol. The zero-order valence-corrected chi connectivity index (χ0v) is 11.8. The molecule has 19 heavy (non-hydrogen) atoms. The molecule has 3 aliphatic rings. The molecule has 3 heterocycles. The Morgan fingerprint density at radius 2 is 2.05 bits per heavy atom. The van der Waals surface area contributed by atoms with Crippen molar-refractivity contribution < 1.29 is 18.0 Å². The number of sulfone groups is 1. The van der Waals surface area contributed by atoms with Crippen molar-refractivity contribution >= 4 is 21.7 Å². The Morgan fingerprint density at radius 3 is 2.68 bits per heavy atom. The number of piperazine rings is 1. The van der Waals surface area contributed by atoms with E-state index in [1.807, 2.05) is 0 Å². The lowest BCUT2D eigenvalue weighted by molar-refractivity contribution is -0.158. The van der Waals surface area contributed by atoms with Gasteiger partial charge < -0.3 is 9.80 Å². The molecule has 0 aromatic carbocycles. The van der Waals surface area contributed by atoms with Crippen LogP contribution in [0.1, 0.15) is 26.2 Å². The first-order valence-corrected chi connectivity index (χ1v) is 8.46. The van der Waals surface area contributed by atoms with Gasteiger partial charge in [0.25, 0.3) is 0 Å². The van der Waals surface area contributed by atoms with Gasteiger partial charge in [-0.3, -0.25) is 9.59 Å². The highest BCUT2D eigenvalue weighted by Gasteiger charge is 2.51. The summed E-state index contributed by atoms with van der Waals surface area (Å²) in [6.45, 7) is 2.47. The molecule has 3 saturated heterocycles. The molecule has 106 valence electrons. The summed E-state index contributed by atoms with van der Waals surface area (Å²) in [5.74, 6) is -0.0361. The van der Waals surface area contributed by atoms with Gasteiger partial charge >= 0.3 is 0 Å². The molecule has 2 unspecified atom stereocenters. The molecule has 0 aromatic rings. The Kier molecular flexibility index (Phi) is 2.68. The number of rotatable bonds is 1. The molecular formula is C12H18N2O4S. The largest absolute Gasteiger partial charge is 0.329 e. The lowest BCUT2D eigenvalue weighted by Gasteiger charge is -2.44. The first kappa shape index (κ1) is 12.9. The topological polar surface area (TPSA) is 74.8 Å². The minimum absolute atomic E-state index is 0.0221. The second-order valence-corrected chi connectivity index (χ2v) is 8.19. The minimum Gasteiger partial charge on any atom is -0.329 e. The van der Waals surface area contributed by atoms with Gasteiger partial charge in [-0.25, -0.2) is 8.42 Å². The molecule has 7 heteroatoms. The lowest BCUT2D eigenvalue weighted by Crippen LogP contribution is -2.64. The van der Waals surface area contributed by atoms with Crippen LogP contribution < -0.4 is 0 Å². The molecule has 6 nitrogen and oxygen atoms in total. The van der Waals surface area contributed by atoms with Crippen LogP contribution in [0, 0.1) is 0 Å². The fraction of sp³-hybridized carbons (Fsp3) is 0.833. The molecule has 0 aliphatic carbocycles. The van der Waals surface area contributed by atoms with Crippen molar-refractivity contribution in [1.82, 2.24) is 9.80 Å². The van der Waals surface area contributed by atoms with Crippen molar-refractivity contribution in [3.05, 3.63) is 0 Å². The SMILES string of the molecule is CC1(N2CC(=O)N3CCCC3C2=O)CCS(=O)(=O)C1. The van der Waals surface area contributed by atoms with Crippen LogP contribution in [-0.2, 0) is 19.4 Å². The van der Waals surface area contributed by atoms with Crippen LogP contribution >= 0.6 is 0 Å². The Labute approximate surface area is 112 Å². The molecule has 2 amide bonds. The Morgan fingerprint density at radius 1 is 1.32 bits per heavy atom. The van der Waals surface area contributed by atoms with Crippen molar-refractivity contribution in [3.63, 3.8) is 0 Å². The summed E-state index contributed by atoms with van der Waals surface area (Å²) >= 11 is 0. The Hall–Kier alpha value is -1.11. The maximum Gasteiger partial charge on any atom is 0.246 e. The van der Waals surface area contributed by atoms with Crippen molar-refractivity contribution in [2.45, 2.75) is 37.8 Å². The van der Waals surface area contributed by atoms with E-state index in [2.05, 4.69) is 0 Å². The van der Waals surface area contributed by atoms with Crippen molar-refractivity contribution in [2.75, 3.05) is 24.6 Å². The molecule has 0 saturated carbocycles. The van der Waals surface area contributed by atoms with E-state index in [-0.39, 0.29) is 35.9 Å². The van der Waals surface area contributed by atoms with E-state index in [1.165, 1.54) is 4.90 Å². The highest BCUT2D eigenvalue weighted by atomic mass is 32.2. The summed E-state index contributed by atoms with van der Waals surface area (Å²) < 4.78 is 23.3. The smallest absolute Gasteiger partial charge is 0.246 e. The quantitative estimate of drug-likeness (QED) is 0.645. The van der Waals surface area contributed by atoms with Gasteiger partial charge in [-0.15, -0.1) is 0 Å². The van der Waals surface area contributed by atoms with Gasteiger partial charge in [0.15, 0.2) is 9.84 Å². The summed E-state index contributed by atoms with van der Waals surface area (Å²) in [6.07, 6.45) is 1.98. The third-order valence-corrected chi connectivity index (χ3v) is 6.44. The van der Waals surface area contributed by atoms with Crippen LogP contribution in [0.2, 0.25) is 0 Å². The number of fused-ring (bicyclic) bond motifs is 1. The second-order valence-electron chi connectivity index (χ2n) is 6.01. The van der Waals surface area contributed by atoms with E-state index in [4.69, 9.17) is 0 Å². The fourth-order valence-electron chi connectivity index (χ4n) is 3.47. The van der Waals surface area contributed by atoms with Crippen molar-refractivity contribution in [3.8, 4) is 0 Å². The van der Waals surface area contributed by atoms with Gasteiger partial charge in [0.1, 0.15) is 12.6 Å². The van der Waals surface area contributed by atoms with E-state index in [9.17, 15) is 18.0 Å². The number of hydrogen-bond donors (Lipinski definition) is 0. The molecular weight excluding hydrogens is 268 g/mol. The molecule has 0 radical (unpaired) electrons. The van der Waals surface area contributed by atoms with Crippen LogP contribution in [0.4, 0.5) is 0 Å². The second kappa shape index (κ2) is 3.94. The minimum atomic E-state index is -3.09. The maximum absolute atomic E-state index is 12.5. The van der Waals surface area contributed by atoms with Crippen LogP contribution in [0.5, 0.6) is 0 Å². The Bertz CT molecular complexity index is 544. The predicted octanol–water partition coefficient (Wildman–Crippen LogP) is -0.603. The van der Waals surface area contributed by atoms with E-state index < -0.39 is 15.4 Å². The van der Waals surface area contributed by atoms with Crippen LogP contribution in [-0.4, -0.2) is 66.2 Å². The number of amides is 2. The number of carbonyl (C=O) groups is 2. The highest BCUT2D eigenvalue weighted by Crippen LogP contribution is 2.34. The van der Waals surface area contributed by atoms with Gasteiger partial charge in [-0.1, -0.05) is 0 Å². The molecule has 0 bridgehead atoms. The van der Waals surface area contributed by atoms with E-state index in [0.29, 0.717) is 19.4 Å². The summed E-state index contributed by atoms with van der Waals surface area (Å²) in [5.41, 5.74) is -0.708. The van der Waals surface area contributed by atoms with Gasteiger partial charge in [-0.2, -0.15) is 0 Å².